The first-order valence-corrected chi connectivity index (χ1v) is 9.35. The van der Waals surface area contributed by atoms with Crippen molar-refractivity contribution in [2.75, 3.05) is 20.3 Å². The number of carbonyl (C=O) groups excluding carboxylic acids is 1. The number of nitrogens with zero attached hydrogens (tertiary/aromatic N) is 2. The minimum Gasteiger partial charge on any atom is -0.492 e. The highest BCUT2D eigenvalue weighted by Gasteiger charge is 2.13. The first kappa shape index (κ1) is 18.4. The molecule has 0 fully saturated rings. The van der Waals surface area contributed by atoms with Crippen LogP contribution in [-0.4, -0.2) is 30.8 Å². The lowest BCUT2D eigenvalue weighted by atomic mass is 10.1. The predicted octanol–water partition coefficient (Wildman–Crippen LogP) is 3.80. The van der Waals surface area contributed by atoms with E-state index in [0.717, 1.165) is 21.5 Å². The van der Waals surface area contributed by atoms with Crippen LogP contribution in [0, 0.1) is 6.92 Å². The maximum atomic E-state index is 12.6. The zero-order valence-electron chi connectivity index (χ0n) is 15.2. The van der Waals surface area contributed by atoms with E-state index in [1.807, 2.05) is 54.8 Å². The lowest BCUT2D eigenvalue weighted by Gasteiger charge is -2.09. The molecule has 1 heterocycles. The fraction of sp³-hybridized carbons (Fsp3) is 0.300. The van der Waals surface area contributed by atoms with Crippen molar-refractivity contribution in [1.82, 2.24) is 4.57 Å². The SMILES string of the molecule is CCOc1cccc2sc(=NC(=O)c3cccc(C)c3)n(CCOC)c12. The molecule has 0 spiro atoms. The van der Waals surface area contributed by atoms with Gasteiger partial charge in [-0.15, -0.1) is 0 Å². The Hall–Kier alpha value is -2.44. The summed E-state index contributed by atoms with van der Waals surface area (Å²) >= 11 is 1.48. The van der Waals surface area contributed by atoms with Crippen LogP contribution in [0.15, 0.2) is 47.5 Å². The Balaban J connectivity index is 2.15. The highest BCUT2D eigenvalue weighted by Crippen LogP contribution is 2.27. The second-order valence-electron chi connectivity index (χ2n) is 5.85. The summed E-state index contributed by atoms with van der Waals surface area (Å²) < 4.78 is 14.1. The number of hydrogen-bond acceptors (Lipinski definition) is 4. The molecule has 0 saturated carbocycles. The van der Waals surface area contributed by atoms with E-state index in [2.05, 4.69) is 4.99 Å². The number of methoxy groups -OCH3 is 1. The number of carbonyl (C=O) groups is 1. The van der Waals surface area contributed by atoms with Gasteiger partial charge in [-0.2, -0.15) is 4.99 Å². The van der Waals surface area contributed by atoms with Gasteiger partial charge < -0.3 is 14.0 Å². The molecule has 0 atom stereocenters. The van der Waals surface area contributed by atoms with E-state index in [-0.39, 0.29) is 5.91 Å². The third kappa shape index (κ3) is 3.86. The Bertz CT molecular complexity index is 988. The molecule has 5 nitrogen and oxygen atoms in total. The molecule has 1 aromatic heterocycles. The van der Waals surface area contributed by atoms with Crippen molar-refractivity contribution in [3.05, 3.63) is 58.4 Å². The lowest BCUT2D eigenvalue weighted by molar-refractivity contribution is 0.0997. The van der Waals surface area contributed by atoms with E-state index < -0.39 is 0 Å². The fourth-order valence-electron chi connectivity index (χ4n) is 2.77. The molecule has 0 aliphatic carbocycles. The Kier molecular flexibility index (Phi) is 5.85. The molecule has 0 unspecified atom stereocenters. The summed E-state index contributed by atoms with van der Waals surface area (Å²) in [4.78, 5) is 17.7. The lowest BCUT2D eigenvalue weighted by Crippen LogP contribution is -2.19. The number of benzene rings is 2. The maximum absolute atomic E-state index is 12.6. The van der Waals surface area contributed by atoms with Gasteiger partial charge in [0.2, 0.25) is 0 Å². The van der Waals surface area contributed by atoms with Crippen LogP contribution in [0.5, 0.6) is 5.75 Å². The number of aromatic nitrogens is 1. The average Bonchev–Trinajstić information content (AvgIpc) is 2.98. The summed E-state index contributed by atoms with van der Waals surface area (Å²) in [5, 5.41) is 0. The number of fused-ring (bicyclic) bond motifs is 1. The van der Waals surface area contributed by atoms with E-state index in [1.165, 1.54) is 11.3 Å². The zero-order chi connectivity index (χ0) is 18.5. The van der Waals surface area contributed by atoms with Crippen molar-refractivity contribution in [2.24, 2.45) is 4.99 Å². The summed E-state index contributed by atoms with van der Waals surface area (Å²) in [6, 6.07) is 13.4. The van der Waals surface area contributed by atoms with Crippen molar-refractivity contribution in [1.29, 1.82) is 0 Å². The van der Waals surface area contributed by atoms with Gasteiger partial charge >= 0.3 is 0 Å². The third-order valence-corrected chi connectivity index (χ3v) is 4.99. The molecule has 1 amide bonds. The molecule has 0 N–H and O–H groups in total. The highest BCUT2D eigenvalue weighted by molar-refractivity contribution is 7.16. The Morgan fingerprint density at radius 2 is 2.04 bits per heavy atom. The number of aryl methyl sites for hydroxylation is 1. The van der Waals surface area contributed by atoms with Gasteiger partial charge in [-0.05, 0) is 38.1 Å². The molecular formula is C20H22N2O3S. The van der Waals surface area contributed by atoms with Crippen LogP contribution < -0.4 is 9.54 Å². The van der Waals surface area contributed by atoms with Gasteiger partial charge in [-0.3, -0.25) is 4.79 Å². The van der Waals surface area contributed by atoms with E-state index in [4.69, 9.17) is 9.47 Å². The minimum absolute atomic E-state index is 0.246. The fourth-order valence-corrected chi connectivity index (χ4v) is 3.85. The monoisotopic (exact) mass is 370 g/mol. The molecule has 3 rings (SSSR count). The number of thiazole rings is 1. The van der Waals surface area contributed by atoms with Crippen molar-refractivity contribution in [3.8, 4) is 5.75 Å². The number of hydrogen-bond donors (Lipinski definition) is 0. The zero-order valence-corrected chi connectivity index (χ0v) is 16.0. The van der Waals surface area contributed by atoms with Gasteiger partial charge in [0.25, 0.3) is 5.91 Å². The second-order valence-corrected chi connectivity index (χ2v) is 6.86. The van der Waals surface area contributed by atoms with Crippen LogP contribution in [0.4, 0.5) is 0 Å². The number of para-hydroxylation sites is 1. The van der Waals surface area contributed by atoms with E-state index in [9.17, 15) is 4.79 Å². The van der Waals surface area contributed by atoms with Crippen LogP contribution in [0.3, 0.4) is 0 Å². The maximum Gasteiger partial charge on any atom is 0.279 e. The van der Waals surface area contributed by atoms with Gasteiger partial charge in [0.1, 0.15) is 11.3 Å². The Labute approximate surface area is 156 Å². The summed E-state index contributed by atoms with van der Waals surface area (Å²) in [6.07, 6.45) is 0. The molecule has 0 aliphatic rings. The Morgan fingerprint density at radius 1 is 1.23 bits per heavy atom. The normalized spacial score (nSPS) is 11.9. The molecular weight excluding hydrogens is 348 g/mol. The van der Waals surface area contributed by atoms with Gasteiger partial charge in [-0.1, -0.05) is 35.1 Å². The standard InChI is InChI=1S/C20H22N2O3S/c1-4-25-16-9-6-10-17-18(16)22(11-12-24-3)20(26-17)21-19(23)15-8-5-7-14(2)13-15/h5-10,13H,4,11-12H2,1-3H3. The van der Waals surface area contributed by atoms with Crippen LogP contribution in [0.2, 0.25) is 0 Å². The molecule has 0 radical (unpaired) electrons. The average molecular weight is 370 g/mol. The number of ether oxygens (including phenoxy) is 2. The quantitative estimate of drug-likeness (QED) is 0.663. The molecule has 2 aromatic carbocycles. The summed E-state index contributed by atoms with van der Waals surface area (Å²) in [6.45, 7) is 5.62. The van der Waals surface area contributed by atoms with E-state index in [1.54, 1.807) is 13.2 Å². The second kappa shape index (κ2) is 8.29. The summed E-state index contributed by atoms with van der Waals surface area (Å²) in [5.74, 6) is 0.547. The van der Waals surface area contributed by atoms with Crippen LogP contribution in [0.1, 0.15) is 22.8 Å². The van der Waals surface area contributed by atoms with Gasteiger partial charge in [-0.25, -0.2) is 0 Å². The van der Waals surface area contributed by atoms with Crippen molar-refractivity contribution in [3.63, 3.8) is 0 Å². The molecule has 3 aromatic rings. The molecule has 6 heteroatoms. The topological polar surface area (TPSA) is 52.8 Å². The van der Waals surface area contributed by atoms with Crippen molar-refractivity contribution >= 4 is 27.5 Å². The Morgan fingerprint density at radius 3 is 2.77 bits per heavy atom. The van der Waals surface area contributed by atoms with E-state index in [0.29, 0.717) is 30.1 Å². The predicted molar refractivity (Wildman–Crippen MR) is 104 cm³/mol. The first-order valence-electron chi connectivity index (χ1n) is 8.54. The number of amides is 1. The molecule has 136 valence electrons. The number of rotatable bonds is 6. The molecule has 0 saturated heterocycles. The van der Waals surface area contributed by atoms with Crippen LogP contribution in [0.25, 0.3) is 10.2 Å². The van der Waals surface area contributed by atoms with Crippen molar-refractivity contribution < 1.29 is 14.3 Å². The molecule has 0 bridgehead atoms. The molecule has 0 aliphatic heterocycles. The largest absolute Gasteiger partial charge is 0.492 e. The van der Waals surface area contributed by atoms with Crippen LogP contribution in [-0.2, 0) is 11.3 Å². The van der Waals surface area contributed by atoms with Crippen molar-refractivity contribution in [2.45, 2.75) is 20.4 Å². The summed E-state index contributed by atoms with van der Waals surface area (Å²) in [7, 11) is 1.66. The van der Waals surface area contributed by atoms with Gasteiger partial charge in [0, 0.05) is 19.2 Å². The smallest absolute Gasteiger partial charge is 0.279 e. The van der Waals surface area contributed by atoms with Gasteiger partial charge in [0.05, 0.1) is 17.9 Å². The minimum atomic E-state index is -0.246. The third-order valence-electron chi connectivity index (χ3n) is 3.95. The first-order chi connectivity index (χ1) is 12.6. The van der Waals surface area contributed by atoms with E-state index >= 15 is 0 Å². The van der Waals surface area contributed by atoms with Gasteiger partial charge in [0.15, 0.2) is 4.80 Å². The van der Waals surface area contributed by atoms with Crippen LogP contribution >= 0.6 is 11.3 Å². The molecule has 26 heavy (non-hydrogen) atoms. The summed E-state index contributed by atoms with van der Waals surface area (Å²) in [5.41, 5.74) is 2.58. The highest BCUT2D eigenvalue weighted by atomic mass is 32.1.